The van der Waals surface area contributed by atoms with Crippen LogP contribution in [0.15, 0.2) is 24.3 Å². The molecular formula is C21H36. The van der Waals surface area contributed by atoms with Crippen LogP contribution in [0.2, 0.25) is 0 Å². The SMILES string of the molecule is C/C=C/[C@H]1CC[C@H](/C=C/CC[C@H]2CC[C@H](CC)CC2)CC1. The zero-order chi connectivity index (χ0) is 14.9. The molecule has 0 amide bonds. The molecule has 0 spiro atoms. The fraction of sp³-hybridized carbons (Fsp3) is 0.810. The zero-order valence-electron chi connectivity index (χ0n) is 14.4. The molecule has 0 saturated heterocycles. The summed E-state index contributed by atoms with van der Waals surface area (Å²) < 4.78 is 0. The van der Waals surface area contributed by atoms with Gasteiger partial charge in [0.1, 0.15) is 0 Å². The van der Waals surface area contributed by atoms with Gasteiger partial charge in [-0.15, -0.1) is 0 Å². The third kappa shape index (κ3) is 6.01. The Kier molecular flexibility index (Phi) is 7.61. The summed E-state index contributed by atoms with van der Waals surface area (Å²) in [5.41, 5.74) is 0. The lowest BCUT2D eigenvalue weighted by Gasteiger charge is -2.27. The molecule has 0 heterocycles. The lowest BCUT2D eigenvalue weighted by atomic mass is 9.79. The molecule has 0 atom stereocenters. The lowest BCUT2D eigenvalue weighted by molar-refractivity contribution is 0.259. The molecule has 0 heteroatoms. The van der Waals surface area contributed by atoms with Crippen LogP contribution >= 0.6 is 0 Å². The monoisotopic (exact) mass is 288 g/mol. The predicted octanol–water partition coefficient (Wildman–Crippen LogP) is 6.92. The molecule has 2 saturated carbocycles. The highest BCUT2D eigenvalue weighted by Crippen LogP contribution is 2.33. The predicted molar refractivity (Wildman–Crippen MR) is 94.4 cm³/mol. The first kappa shape index (κ1) is 16.8. The summed E-state index contributed by atoms with van der Waals surface area (Å²) >= 11 is 0. The van der Waals surface area contributed by atoms with Crippen molar-refractivity contribution in [3.8, 4) is 0 Å². The molecule has 0 aromatic carbocycles. The molecule has 2 rings (SSSR count). The standard InChI is InChI=1S/C21H36/c1-3-7-19-14-16-21(17-15-19)9-6-5-8-20-12-10-18(4-2)11-13-20/h3,6-7,9,18-21H,4-5,8,10-17H2,1-2H3/b7-3+,9-6+/t18-,19-,20-,21-. The van der Waals surface area contributed by atoms with Gasteiger partial charge >= 0.3 is 0 Å². The van der Waals surface area contributed by atoms with E-state index >= 15 is 0 Å². The van der Waals surface area contributed by atoms with E-state index in [4.69, 9.17) is 0 Å². The molecule has 0 aromatic heterocycles. The number of hydrogen-bond acceptors (Lipinski definition) is 0. The quantitative estimate of drug-likeness (QED) is 0.465. The maximum atomic E-state index is 2.55. The largest absolute Gasteiger partial charge is 0.0914 e. The third-order valence-corrected chi connectivity index (χ3v) is 5.97. The topological polar surface area (TPSA) is 0 Å². The van der Waals surface area contributed by atoms with Crippen molar-refractivity contribution < 1.29 is 0 Å². The molecule has 0 aliphatic heterocycles. The summed E-state index contributed by atoms with van der Waals surface area (Å²) in [5.74, 6) is 3.82. The van der Waals surface area contributed by atoms with Gasteiger partial charge in [0.05, 0.1) is 0 Å². The van der Waals surface area contributed by atoms with E-state index in [1.807, 2.05) is 0 Å². The molecule has 0 nitrogen and oxygen atoms in total. The van der Waals surface area contributed by atoms with E-state index in [1.165, 1.54) is 70.6 Å². The van der Waals surface area contributed by atoms with E-state index < -0.39 is 0 Å². The van der Waals surface area contributed by atoms with Crippen LogP contribution in [-0.4, -0.2) is 0 Å². The molecule has 2 aliphatic rings. The van der Waals surface area contributed by atoms with E-state index in [2.05, 4.69) is 38.2 Å². The van der Waals surface area contributed by atoms with E-state index in [9.17, 15) is 0 Å². The second kappa shape index (κ2) is 9.49. The molecule has 2 aliphatic carbocycles. The Morgan fingerprint density at radius 3 is 1.90 bits per heavy atom. The van der Waals surface area contributed by atoms with E-state index in [0.717, 1.165) is 23.7 Å². The van der Waals surface area contributed by atoms with Gasteiger partial charge < -0.3 is 0 Å². The van der Waals surface area contributed by atoms with Crippen molar-refractivity contribution in [2.45, 2.75) is 84.5 Å². The first-order valence-corrected chi connectivity index (χ1v) is 9.61. The van der Waals surface area contributed by atoms with Crippen LogP contribution in [0.3, 0.4) is 0 Å². The minimum Gasteiger partial charge on any atom is -0.0914 e. The smallest absolute Gasteiger partial charge is 0.0233 e. The van der Waals surface area contributed by atoms with Crippen molar-refractivity contribution in [1.29, 1.82) is 0 Å². The summed E-state index contributed by atoms with van der Waals surface area (Å²) in [4.78, 5) is 0. The van der Waals surface area contributed by atoms with Crippen molar-refractivity contribution >= 4 is 0 Å². The van der Waals surface area contributed by atoms with Crippen molar-refractivity contribution in [2.24, 2.45) is 23.7 Å². The van der Waals surface area contributed by atoms with Gasteiger partial charge in [-0.25, -0.2) is 0 Å². The van der Waals surface area contributed by atoms with Crippen LogP contribution in [-0.2, 0) is 0 Å². The van der Waals surface area contributed by atoms with Gasteiger partial charge in [0.2, 0.25) is 0 Å². The van der Waals surface area contributed by atoms with Crippen LogP contribution in [0.25, 0.3) is 0 Å². The number of allylic oxidation sites excluding steroid dienone is 4. The van der Waals surface area contributed by atoms with Crippen LogP contribution in [0, 0.1) is 23.7 Å². The number of hydrogen-bond donors (Lipinski definition) is 0. The summed E-state index contributed by atoms with van der Waals surface area (Å²) in [5, 5.41) is 0. The fourth-order valence-corrected chi connectivity index (χ4v) is 4.35. The summed E-state index contributed by atoms with van der Waals surface area (Å²) in [6.45, 7) is 4.51. The molecule has 120 valence electrons. The molecule has 0 bridgehead atoms. The number of rotatable bonds is 6. The van der Waals surface area contributed by atoms with Crippen molar-refractivity contribution in [1.82, 2.24) is 0 Å². The Labute approximate surface area is 133 Å². The Morgan fingerprint density at radius 2 is 1.33 bits per heavy atom. The molecule has 2 fully saturated rings. The van der Waals surface area contributed by atoms with Crippen molar-refractivity contribution in [3.05, 3.63) is 24.3 Å². The van der Waals surface area contributed by atoms with Gasteiger partial charge in [-0.3, -0.25) is 0 Å². The Hall–Kier alpha value is -0.520. The first-order valence-electron chi connectivity index (χ1n) is 9.61. The van der Waals surface area contributed by atoms with Crippen molar-refractivity contribution in [3.63, 3.8) is 0 Å². The second-order valence-corrected chi connectivity index (χ2v) is 7.50. The van der Waals surface area contributed by atoms with Gasteiger partial charge in [-0.05, 0) is 69.1 Å². The van der Waals surface area contributed by atoms with E-state index in [0.29, 0.717) is 0 Å². The third-order valence-electron chi connectivity index (χ3n) is 5.97. The molecule has 0 unspecified atom stereocenters. The minimum atomic E-state index is 0.869. The average Bonchev–Trinajstić information content (AvgIpc) is 2.54. The summed E-state index contributed by atoms with van der Waals surface area (Å²) in [7, 11) is 0. The van der Waals surface area contributed by atoms with E-state index in [1.54, 1.807) is 0 Å². The molecule has 21 heavy (non-hydrogen) atoms. The minimum absolute atomic E-state index is 0.869. The highest BCUT2D eigenvalue weighted by Gasteiger charge is 2.19. The fourth-order valence-electron chi connectivity index (χ4n) is 4.35. The van der Waals surface area contributed by atoms with Crippen LogP contribution in [0.4, 0.5) is 0 Å². The van der Waals surface area contributed by atoms with Crippen LogP contribution in [0.5, 0.6) is 0 Å². The summed E-state index contributed by atoms with van der Waals surface area (Å²) in [6.07, 6.45) is 25.5. The van der Waals surface area contributed by atoms with E-state index in [-0.39, 0.29) is 0 Å². The zero-order valence-corrected chi connectivity index (χ0v) is 14.4. The van der Waals surface area contributed by atoms with Gasteiger partial charge in [-0.2, -0.15) is 0 Å². The van der Waals surface area contributed by atoms with Crippen molar-refractivity contribution in [2.75, 3.05) is 0 Å². The Bertz CT molecular complexity index is 309. The van der Waals surface area contributed by atoms with Crippen LogP contribution in [0.1, 0.15) is 84.5 Å². The summed E-state index contributed by atoms with van der Waals surface area (Å²) in [6, 6.07) is 0. The Balaban J connectivity index is 1.57. The van der Waals surface area contributed by atoms with Gasteiger partial charge in [-0.1, -0.05) is 63.3 Å². The highest BCUT2D eigenvalue weighted by atomic mass is 14.3. The average molecular weight is 289 g/mol. The highest BCUT2D eigenvalue weighted by molar-refractivity contribution is 4.95. The second-order valence-electron chi connectivity index (χ2n) is 7.50. The van der Waals surface area contributed by atoms with Gasteiger partial charge in [0.15, 0.2) is 0 Å². The molecule has 0 radical (unpaired) electrons. The van der Waals surface area contributed by atoms with Gasteiger partial charge in [0, 0.05) is 0 Å². The first-order chi connectivity index (χ1) is 10.3. The maximum absolute atomic E-state index is 2.55. The maximum Gasteiger partial charge on any atom is -0.0233 e. The van der Waals surface area contributed by atoms with Gasteiger partial charge in [0.25, 0.3) is 0 Å². The Morgan fingerprint density at radius 1 is 0.762 bits per heavy atom. The molecular weight excluding hydrogens is 252 g/mol. The molecule has 0 N–H and O–H groups in total. The normalized spacial score (nSPS) is 34.8. The van der Waals surface area contributed by atoms with Crippen LogP contribution < -0.4 is 0 Å². The molecule has 0 aromatic rings. The lowest BCUT2D eigenvalue weighted by Crippen LogP contribution is -2.13.